The molecule has 0 radical (unpaired) electrons. The van der Waals surface area contributed by atoms with Crippen molar-refractivity contribution >= 4 is 0 Å². The summed E-state index contributed by atoms with van der Waals surface area (Å²) in [7, 11) is 0. The molecule has 1 heterocycles. The molecule has 0 amide bonds. The summed E-state index contributed by atoms with van der Waals surface area (Å²) in [4.78, 5) is 0. The van der Waals surface area contributed by atoms with Gasteiger partial charge in [0.2, 0.25) is 0 Å². The summed E-state index contributed by atoms with van der Waals surface area (Å²) in [6, 6.07) is 30.4. The average Bonchev–Trinajstić information content (AvgIpc) is 2.80. The minimum absolute atomic E-state index is 0.405. The summed E-state index contributed by atoms with van der Waals surface area (Å²) >= 11 is 0. The molecular formula is C26H24N2O2. The summed E-state index contributed by atoms with van der Waals surface area (Å²) in [5.74, 6) is 1.01. The van der Waals surface area contributed by atoms with Crippen LogP contribution in [0.3, 0.4) is 0 Å². The van der Waals surface area contributed by atoms with Gasteiger partial charge < -0.3 is 9.47 Å². The summed E-state index contributed by atoms with van der Waals surface area (Å²) in [5, 5.41) is 8.69. The van der Waals surface area contributed by atoms with Gasteiger partial charge in [0.05, 0.1) is 5.69 Å². The number of ether oxygens (including phenoxy) is 2. The number of nitrogens with zero attached hydrogens (tertiary/aromatic N) is 2. The van der Waals surface area contributed by atoms with Crippen molar-refractivity contribution in [3.8, 4) is 11.6 Å². The van der Waals surface area contributed by atoms with E-state index in [0.29, 0.717) is 31.3 Å². The van der Waals surface area contributed by atoms with Crippen molar-refractivity contribution < 1.29 is 9.47 Å². The van der Waals surface area contributed by atoms with E-state index >= 15 is 0 Å². The Balaban J connectivity index is 1.53. The van der Waals surface area contributed by atoms with E-state index in [1.165, 1.54) is 11.1 Å². The van der Waals surface area contributed by atoms with Crippen LogP contribution in [0.1, 0.15) is 27.9 Å². The number of aryl methyl sites for hydroxylation is 1. The fraction of sp³-hybridized carbons (Fsp3) is 0.154. The first-order valence-corrected chi connectivity index (χ1v) is 10.0. The van der Waals surface area contributed by atoms with Gasteiger partial charge in [0.15, 0.2) is 5.75 Å². The Hall–Kier alpha value is -3.66. The van der Waals surface area contributed by atoms with Gasteiger partial charge in [-0.1, -0.05) is 90.5 Å². The molecule has 4 heteroatoms. The Bertz CT molecular complexity index is 1070. The lowest BCUT2D eigenvalue weighted by molar-refractivity contribution is 0.243. The number of benzene rings is 3. The van der Waals surface area contributed by atoms with Gasteiger partial charge in [-0.25, -0.2) is 0 Å². The van der Waals surface area contributed by atoms with Crippen molar-refractivity contribution in [2.45, 2.75) is 26.6 Å². The quantitative estimate of drug-likeness (QED) is 0.393. The molecule has 0 aliphatic heterocycles. The van der Waals surface area contributed by atoms with E-state index in [1.807, 2.05) is 66.7 Å². The van der Waals surface area contributed by atoms with E-state index in [1.54, 1.807) is 0 Å². The highest BCUT2D eigenvalue weighted by molar-refractivity contribution is 5.36. The Morgan fingerprint density at radius 2 is 1.23 bits per heavy atom. The molecule has 4 rings (SSSR count). The largest absolute Gasteiger partial charge is 0.483 e. The van der Waals surface area contributed by atoms with Gasteiger partial charge in [0, 0.05) is 12.5 Å². The Kier molecular flexibility index (Phi) is 6.35. The third kappa shape index (κ3) is 5.45. The van der Waals surface area contributed by atoms with Gasteiger partial charge in [-0.05, 0) is 23.6 Å². The summed E-state index contributed by atoms with van der Waals surface area (Å²) in [6.45, 7) is 2.94. The first-order chi connectivity index (χ1) is 14.8. The number of hydrogen-bond donors (Lipinski definition) is 0. The van der Waals surface area contributed by atoms with Crippen molar-refractivity contribution in [2.24, 2.45) is 0 Å². The lowest BCUT2D eigenvalue weighted by Crippen LogP contribution is -2.05. The maximum Gasteiger partial charge on any atom is 0.276 e. The molecule has 0 bridgehead atoms. The van der Waals surface area contributed by atoms with Crippen LogP contribution >= 0.6 is 0 Å². The van der Waals surface area contributed by atoms with Gasteiger partial charge >= 0.3 is 0 Å². The van der Waals surface area contributed by atoms with E-state index in [0.717, 1.165) is 16.8 Å². The fourth-order valence-electron chi connectivity index (χ4n) is 3.07. The van der Waals surface area contributed by atoms with Crippen molar-refractivity contribution in [3.05, 3.63) is 119 Å². The van der Waals surface area contributed by atoms with Crippen LogP contribution in [0.2, 0.25) is 0 Å². The van der Waals surface area contributed by atoms with Crippen molar-refractivity contribution in [2.75, 3.05) is 0 Å². The number of aromatic nitrogens is 2. The van der Waals surface area contributed by atoms with Gasteiger partial charge in [0.25, 0.3) is 5.88 Å². The van der Waals surface area contributed by atoms with E-state index in [2.05, 4.69) is 41.4 Å². The topological polar surface area (TPSA) is 44.2 Å². The second-order valence-electron chi connectivity index (χ2n) is 7.22. The third-order valence-corrected chi connectivity index (χ3v) is 4.74. The molecule has 0 saturated carbocycles. The summed E-state index contributed by atoms with van der Waals surface area (Å²) < 4.78 is 12.0. The second-order valence-corrected chi connectivity index (χ2v) is 7.22. The van der Waals surface area contributed by atoms with Crippen molar-refractivity contribution in [3.63, 3.8) is 0 Å². The molecule has 3 aromatic carbocycles. The predicted octanol–water partition coefficient (Wildman–Crippen LogP) is 5.53. The van der Waals surface area contributed by atoms with Crippen LogP contribution in [0, 0.1) is 6.92 Å². The molecule has 0 saturated heterocycles. The molecule has 0 unspecified atom stereocenters. The molecule has 0 N–H and O–H groups in total. The summed E-state index contributed by atoms with van der Waals surface area (Å²) in [5.41, 5.74) is 5.41. The molecule has 0 fully saturated rings. The maximum absolute atomic E-state index is 6.08. The zero-order chi connectivity index (χ0) is 20.6. The number of hydrogen-bond acceptors (Lipinski definition) is 4. The molecule has 0 aliphatic carbocycles. The van der Waals surface area contributed by atoms with Crippen LogP contribution in [0.15, 0.2) is 91.0 Å². The van der Waals surface area contributed by atoms with E-state index in [4.69, 9.17) is 9.47 Å². The molecular weight excluding hydrogens is 372 g/mol. The normalized spacial score (nSPS) is 10.6. The molecule has 0 spiro atoms. The van der Waals surface area contributed by atoms with Crippen molar-refractivity contribution in [1.82, 2.24) is 10.2 Å². The minimum atomic E-state index is 0.405. The zero-order valence-electron chi connectivity index (χ0n) is 17.0. The standard InChI is InChI=1S/C26H24N2O2/c1-20-12-14-21(15-13-20)16-24-17-25(29-18-22-8-4-2-5-9-22)26(28-27-24)30-19-23-10-6-3-7-11-23/h2-15,17H,16,18-19H2,1H3. The Morgan fingerprint density at radius 3 is 1.87 bits per heavy atom. The molecule has 150 valence electrons. The second kappa shape index (κ2) is 9.70. The van der Waals surface area contributed by atoms with Gasteiger partial charge in [-0.15, -0.1) is 5.10 Å². The van der Waals surface area contributed by atoms with Crippen molar-refractivity contribution in [1.29, 1.82) is 0 Å². The lowest BCUT2D eigenvalue weighted by Gasteiger charge is -2.13. The fourth-order valence-corrected chi connectivity index (χ4v) is 3.07. The highest BCUT2D eigenvalue weighted by Crippen LogP contribution is 2.27. The van der Waals surface area contributed by atoms with E-state index in [-0.39, 0.29) is 0 Å². The lowest BCUT2D eigenvalue weighted by atomic mass is 10.1. The average molecular weight is 396 g/mol. The van der Waals surface area contributed by atoms with Gasteiger partial charge in [0.1, 0.15) is 13.2 Å². The first-order valence-electron chi connectivity index (χ1n) is 10.0. The molecule has 4 nitrogen and oxygen atoms in total. The molecule has 0 aliphatic rings. The smallest absolute Gasteiger partial charge is 0.276 e. The predicted molar refractivity (Wildman–Crippen MR) is 118 cm³/mol. The highest BCUT2D eigenvalue weighted by atomic mass is 16.5. The molecule has 4 aromatic rings. The van der Waals surface area contributed by atoms with Gasteiger partial charge in [-0.2, -0.15) is 5.10 Å². The maximum atomic E-state index is 6.08. The van der Waals surface area contributed by atoms with Gasteiger partial charge in [-0.3, -0.25) is 0 Å². The monoisotopic (exact) mass is 396 g/mol. The summed E-state index contributed by atoms with van der Waals surface area (Å²) in [6.07, 6.45) is 0.688. The van der Waals surface area contributed by atoms with Crippen LogP contribution < -0.4 is 9.47 Å². The van der Waals surface area contributed by atoms with Crippen LogP contribution in [-0.2, 0) is 19.6 Å². The Morgan fingerprint density at radius 1 is 0.633 bits per heavy atom. The zero-order valence-corrected chi connectivity index (χ0v) is 17.0. The van der Waals surface area contributed by atoms with E-state index < -0.39 is 0 Å². The van der Waals surface area contributed by atoms with Crippen LogP contribution in [-0.4, -0.2) is 10.2 Å². The third-order valence-electron chi connectivity index (χ3n) is 4.74. The molecule has 0 atom stereocenters. The SMILES string of the molecule is Cc1ccc(Cc2cc(OCc3ccccc3)c(OCc3ccccc3)nn2)cc1. The molecule has 1 aromatic heterocycles. The molecule has 30 heavy (non-hydrogen) atoms. The van der Waals surface area contributed by atoms with Crippen LogP contribution in [0.4, 0.5) is 0 Å². The van der Waals surface area contributed by atoms with Crippen LogP contribution in [0.5, 0.6) is 11.6 Å². The number of rotatable bonds is 8. The highest BCUT2D eigenvalue weighted by Gasteiger charge is 2.12. The van der Waals surface area contributed by atoms with E-state index in [9.17, 15) is 0 Å². The van der Waals surface area contributed by atoms with Crippen LogP contribution in [0.25, 0.3) is 0 Å². The Labute approximate surface area is 177 Å². The first kappa shape index (κ1) is 19.6. The minimum Gasteiger partial charge on any atom is -0.483 e.